The van der Waals surface area contributed by atoms with E-state index in [1.807, 2.05) is 0 Å². The summed E-state index contributed by atoms with van der Waals surface area (Å²) in [6.45, 7) is 2.08. The van der Waals surface area contributed by atoms with Gasteiger partial charge in [-0.2, -0.15) is 0 Å². The Morgan fingerprint density at radius 3 is 2.50 bits per heavy atom. The van der Waals surface area contributed by atoms with Crippen LogP contribution in [0.4, 0.5) is 0 Å². The lowest BCUT2D eigenvalue weighted by molar-refractivity contribution is -0.147. The fraction of sp³-hybridized carbons (Fsp3) is 0.714. The van der Waals surface area contributed by atoms with Gasteiger partial charge < -0.3 is 9.64 Å². The van der Waals surface area contributed by atoms with Gasteiger partial charge in [-0.05, 0) is 6.92 Å². The summed E-state index contributed by atoms with van der Waals surface area (Å²) in [7, 11) is 1.56. The Morgan fingerprint density at radius 1 is 1.50 bits per heavy atom. The van der Waals surface area contributed by atoms with Crippen LogP contribution in [0.5, 0.6) is 0 Å². The van der Waals surface area contributed by atoms with E-state index in [9.17, 15) is 9.59 Å². The predicted molar refractivity (Wildman–Crippen MR) is 48.1 cm³/mol. The summed E-state index contributed by atoms with van der Waals surface area (Å²) in [4.78, 5) is 23.1. The standard InChI is InChI=1S/C7H12BrNO3/c1-3-12-7(11)5-9(2)6(10)4-8/h3-5H2,1-2H3. The molecule has 0 aromatic heterocycles. The van der Waals surface area contributed by atoms with Crippen LogP contribution >= 0.6 is 15.9 Å². The van der Waals surface area contributed by atoms with Crippen LogP contribution in [0.25, 0.3) is 0 Å². The Bertz CT molecular complexity index is 172. The van der Waals surface area contributed by atoms with Gasteiger partial charge in [-0.15, -0.1) is 0 Å². The lowest BCUT2D eigenvalue weighted by Crippen LogP contribution is -2.33. The normalized spacial score (nSPS) is 9.25. The molecule has 12 heavy (non-hydrogen) atoms. The van der Waals surface area contributed by atoms with E-state index in [1.165, 1.54) is 4.90 Å². The van der Waals surface area contributed by atoms with Gasteiger partial charge in [-0.1, -0.05) is 15.9 Å². The van der Waals surface area contributed by atoms with Crippen molar-refractivity contribution < 1.29 is 14.3 Å². The van der Waals surface area contributed by atoms with E-state index in [2.05, 4.69) is 20.7 Å². The minimum Gasteiger partial charge on any atom is -0.465 e. The number of esters is 1. The van der Waals surface area contributed by atoms with Crippen molar-refractivity contribution in [2.24, 2.45) is 0 Å². The van der Waals surface area contributed by atoms with E-state index >= 15 is 0 Å². The van der Waals surface area contributed by atoms with Gasteiger partial charge in [0.05, 0.1) is 11.9 Å². The van der Waals surface area contributed by atoms with Gasteiger partial charge in [0, 0.05) is 7.05 Å². The zero-order valence-electron chi connectivity index (χ0n) is 7.17. The number of nitrogens with zero attached hydrogens (tertiary/aromatic N) is 1. The van der Waals surface area contributed by atoms with Gasteiger partial charge >= 0.3 is 5.97 Å². The Kier molecular flexibility index (Phi) is 5.70. The number of halogens is 1. The first-order chi connectivity index (χ1) is 5.61. The van der Waals surface area contributed by atoms with Gasteiger partial charge in [-0.25, -0.2) is 0 Å². The highest BCUT2D eigenvalue weighted by Gasteiger charge is 2.11. The van der Waals surface area contributed by atoms with Gasteiger partial charge in [-0.3, -0.25) is 9.59 Å². The topological polar surface area (TPSA) is 46.6 Å². The molecule has 0 fully saturated rings. The third-order valence-corrected chi connectivity index (χ3v) is 1.69. The second-order valence-corrected chi connectivity index (χ2v) is 2.75. The number of likely N-dealkylation sites (N-methyl/N-ethyl adjacent to an activating group) is 1. The molecule has 0 aliphatic rings. The molecule has 4 nitrogen and oxygen atoms in total. The molecule has 0 bridgehead atoms. The van der Waals surface area contributed by atoms with E-state index in [4.69, 9.17) is 0 Å². The van der Waals surface area contributed by atoms with Crippen molar-refractivity contribution in [3.8, 4) is 0 Å². The molecule has 0 saturated heterocycles. The fourth-order valence-electron chi connectivity index (χ4n) is 0.590. The summed E-state index contributed by atoms with van der Waals surface area (Å²) in [5.74, 6) is -0.516. The van der Waals surface area contributed by atoms with Crippen LogP contribution in [0.1, 0.15) is 6.92 Å². The Labute approximate surface area is 80.0 Å². The number of hydrogen-bond acceptors (Lipinski definition) is 3. The predicted octanol–water partition coefficient (Wildman–Crippen LogP) is 0.403. The second kappa shape index (κ2) is 5.99. The van der Waals surface area contributed by atoms with E-state index in [1.54, 1.807) is 14.0 Å². The molecule has 5 heteroatoms. The molecule has 0 aromatic rings. The van der Waals surface area contributed by atoms with Crippen molar-refractivity contribution in [2.45, 2.75) is 6.92 Å². The van der Waals surface area contributed by atoms with Crippen molar-refractivity contribution in [2.75, 3.05) is 25.5 Å². The second-order valence-electron chi connectivity index (χ2n) is 2.19. The number of hydrogen-bond donors (Lipinski definition) is 0. The average molecular weight is 238 g/mol. The van der Waals surface area contributed by atoms with E-state index in [-0.39, 0.29) is 23.8 Å². The lowest BCUT2D eigenvalue weighted by atomic mass is 10.5. The molecule has 0 aromatic carbocycles. The minimum atomic E-state index is -0.380. The smallest absolute Gasteiger partial charge is 0.325 e. The first-order valence-electron chi connectivity index (χ1n) is 3.57. The SMILES string of the molecule is CCOC(=O)CN(C)C(=O)CBr. The summed E-state index contributed by atoms with van der Waals surface area (Å²) < 4.78 is 4.66. The van der Waals surface area contributed by atoms with Crippen LogP contribution in [0.15, 0.2) is 0 Å². The highest BCUT2D eigenvalue weighted by atomic mass is 79.9. The van der Waals surface area contributed by atoms with Crippen molar-refractivity contribution in [3.05, 3.63) is 0 Å². The average Bonchev–Trinajstić information content (AvgIpc) is 2.03. The molecule has 0 aliphatic carbocycles. The summed E-state index contributed by atoms with van der Waals surface area (Å²) in [6, 6.07) is 0. The highest BCUT2D eigenvalue weighted by molar-refractivity contribution is 9.09. The maximum absolute atomic E-state index is 10.9. The monoisotopic (exact) mass is 237 g/mol. The van der Waals surface area contributed by atoms with Crippen LogP contribution in [0.3, 0.4) is 0 Å². The third kappa shape index (κ3) is 4.33. The molecule has 0 radical (unpaired) electrons. The van der Waals surface area contributed by atoms with Crippen LogP contribution in [-0.4, -0.2) is 42.3 Å². The highest BCUT2D eigenvalue weighted by Crippen LogP contribution is 1.91. The molecule has 0 atom stereocenters. The maximum Gasteiger partial charge on any atom is 0.325 e. The van der Waals surface area contributed by atoms with Gasteiger partial charge in [0.15, 0.2) is 0 Å². The summed E-state index contributed by atoms with van der Waals surface area (Å²) in [5.41, 5.74) is 0. The summed E-state index contributed by atoms with van der Waals surface area (Å²) in [6.07, 6.45) is 0. The number of carbonyl (C=O) groups is 2. The van der Waals surface area contributed by atoms with Crippen molar-refractivity contribution >= 4 is 27.8 Å². The molecule has 70 valence electrons. The first kappa shape index (κ1) is 11.4. The van der Waals surface area contributed by atoms with Gasteiger partial charge in [0.2, 0.25) is 5.91 Å². The molecule has 0 spiro atoms. The zero-order valence-corrected chi connectivity index (χ0v) is 8.76. The van der Waals surface area contributed by atoms with E-state index < -0.39 is 0 Å². The molecule has 0 rings (SSSR count). The van der Waals surface area contributed by atoms with Gasteiger partial charge in [0.25, 0.3) is 0 Å². The van der Waals surface area contributed by atoms with Crippen molar-refractivity contribution in [3.63, 3.8) is 0 Å². The number of carbonyl (C=O) groups excluding carboxylic acids is 2. The van der Waals surface area contributed by atoms with Crippen LogP contribution in [-0.2, 0) is 14.3 Å². The largest absolute Gasteiger partial charge is 0.465 e. The minimum absolute atomic E-state index is 0.0122. The number of amides is 1. The first-order valence-corrected chi connectivity index (χ1v) is 4.69. The molecule has 0 aliphatic heterocycles. The van der Waals surface area contributed by atoms with Crippen LogP contribution < -0.4 is 0 Å². The fourth-order valence-corrected chi connectivity index (χ4v) is 1.02. The molecule has 0 heterocycles. The maximum atomic E-state index is 10.9. The summed E-state index contributed by atoms with van der Waals surface area (Å²) >= 11 is 3.00. The Balaban J connectivity index is 3.75. The van der Waals surface area contributed by atoms with E-state index in [0.29, 0.717) is 6.61 Å². The molecular formula is C7H12BrNO3. The van der Waals surface area contributed by atoms with Crippen molar-refractivity contribution in [1.29, 1.82) is 0 Å². The van der Waals surface area contributed by atoms with Crippen molar-refractivity contribution in [1.82, 2.24) is 4.90 Å². The Morgan fingerprint density at radius 2 is 2.08 bits per heavy atom. The Hall–Kier alpha value is -0.580. The van der Waals surface area contributed by atoms with Gasteiger partial charge in [0.1, 0.15) is 6.54 Å². The molecule has 0 N–H and O–H groups in total. The van der Waals surface area contributed by atoms with Crippen LogP contribution in [0.2, 0.25) is 0 Å². The number of alkyl halides is 1. The number of ether oxygens (including phenoxy) is 1. The van der Waals surface area contributed by atoms with E-state index in [0.717, 1.165) is 0 Å². The molecule has 1 amide bonds. The number of rotatable bonds is 4. The lowest BCUT2D eigenvalue weighted by Gasteiger charge is -2.13. The summed E-state index contributed by atoms with van der Waals surface area (Å²) in [5, 5.41) is 0.225. The molecular weight excluding hydrogens is 226 g/mol. The zero-order chi connectivity index (χ0) is 9.56. The quantitative estimate of drug-likeness (QED) is 0.526. The van der Waals surface area contributed by atoms with Crippen LogP contribution in [0, 0.1) is 0 Å². The third-order valence-electron chi connectivity index (χ3n) is 1.21. The molecule has 0 saturated carbocycles. The molecule has 0 unspecified atom stereocenters.